The minimum absolute atomic E-state index is 0.772. The van der Waals surface area contributed by atoms with Gasteiger partial charge in [-0.2, -0.15) is 10.1 Å². The molecule has 0 atom stereocenters. The van der Waals surface area contributed by atoms with E-state index >= 15 is 0 Å². The van der Waals surface area contributed by atoms with Crippen molar-refractivity contribution in [3.8, 4) is 0 Å². The summed E-state index contributed by atoms with van der Waals surface area (Å²) in [6.45, 7) is 11.4. The molecule has 8 nitrogen and oxygen atoms in total. The molecule has 4 rings (SSSR count). The number of anilines is 2. The molecule has 2 aliphatic rings. The van der Waals surface area contributed by atoms with E-state index in [0.717, 1.165) is 77.3 Å². The lowest BCUT2D eigenvalue weighted by Gasteiger charge is -2.35. The smallest absolute Gasteiger partial charge is 0.227 e. The number of hydrogen-bond acceptors (Lipinski definition) is 7. The molecule has 0 radical (unpaired) electrons. The first-order valence-electron chi connectivity index (χ1n) is 9.40. The quantitative estimate of drug-likeness (QED) is 0.778. The Balaban J connectivity index is 1.30. The van der Waals surface area contributed by atoms with E-state index in [0.29, 0.717) is 0 Å². The second-order valence-corrected chi connectivity index (χ2v) is 6.92. The van der Waals surface area contributed by atoms with Gasteiger partial charge in [0, 0.05) is 58.2 Å². The first-order chi connectivity index (χ1) is 12.8. The van der Waals surface area contributed by atoms with Crippen LogP contribution in [0.5, 0.6) is 0 Å². The third-order valence-corrected chi connectivity index (χ3v) is 5.03. The lowest BCUT2D eigenvalue weighted by atomic mass is 10.3. The number of ether oxygens (including phenoxy) is 1. The van der Waals surface area contributed by atoms with Crippen LogP contribution in [0.4, 0.5) is 11.8 Å². The zero-order chi connectivity index (χ0) is 17.8. The number of aryl methyl sites for hydroxylation is 1. The van der Waals surface area contributed by atoms with Crippen LogP contribution in [0.2, 0.25) is 0 Å². The van der Waals surface area contributed by atoms with E-state index in [9.17, 15) is 0 Å². The molecule has 2 saturated heterocycles. The van der Waals surface area contributed by atoms with Gasteiger partial charge < -0.3 is 14.5 Å². The molecule has 2 fully saturated rings. The summed E-state index contributed by atoms with van der Waals surface area (Å²) in [6, 6.07) is 2.00. The summed E-state index contributed by atoms with van der Waals surface area (Å²) in [6.07, 6.45) is 5.89. The summed E-state index contributed by atoms with van der Waals surface area (Å²) in [5.41, 5.74) is 1.21. The van der Waals surface area contributed by atoms with E-state index in [4.69, 9.17) is 9.72 Å². The second kappa shape index (κ2) is 8.01. The van der Waals surface area contributed by atoms with Gasteiger partial charge >= 0.3 is 0 Å². The number of piperazine rings is 1. The van der Waals surface area contributed by atoms with E-state index in [1.807, 2.05) is 23.1 Å². The van der Waals surface area contributed by atoms with E-state index in [-0.39, 0.29) is 0 Å². The van der Waals surface area contributed by atoms with Crippen molar-refractivity contribution in [2.75, 3.05) is 68.8 Å². The zero-order valence-corrected chi connectivity index (χ0v) is 15.4. The average Bonchev–Trinajstić information content (AvgIpc) is 3.13. The highest BCUT2D eigenvalue weighted by Gasteiger charge is 2.20. The predicted molar refractivity (Wildman–Crippen MR) is 101 cm³/mol. The van der Waals surface area contributed by atoms with Gasteiger partial charge in [-0.25, -0.2) is 4.98 Å². The highest BCUT2D eigenvalue weighted by Crippen LogP contribution is 2.17. The van der Waals surface area contributed by atoms with Crippen molar-refractivity contribution in [2.24, 2.45) is 0 Å². The van der Waals surface area contributed by atoms with Crippen LogP contribution in [0.15, 0.2) is 24.7 Å². The summed E-state index contributed by atoms with van der Waals surface area (Å²) in [4.78, 5) is 16.3. The highest BCUT2D eigenvalue weighted by atomic mass is 16.5. The van der Waals surface area contributed by atoms with Gasteiger partial charge in [-0.05, 0) is 18.6 Å². The summed E-state index contributed by atoms with van der Waals surface area (Å²) >= 11 is 0. The topological polar surface area (TPSA) is 62.6 Å². The number of hydrogen-bond donors (Lipinski definition) is 0. The maximum Gasteiger partial charge on any atom is 0.227 e. The Morgan fingerprint density at radius 2 is 1.81 bits per heavy atom. The van der Waals surface area contributed by atoms with Crippen LogP contribution in [0.25, 0.3) is 0 Å². The van der Waals surface area contributed by atoms with Crippen LogP contribution in [-0.2, 0) is 11.3 Å². The molecule has 0 saturated carbocycles. The summed E-state index contributed by atoms with van der Waals surface area (Å²) < 4.78 is 7.45. The summed E-state index contributed by atoms with van der Waals surface area (Å²) in [5, 5.41) is 4.36. The Hall–Kier alpha value is -2.19. The van der Waals surface area contributed by atoms with Gasteiger partial charge in [-0.15, -0.1) is 0 Å². The van der Waals surface area contributed by atoms with Crippen molar-refractivity contribution in [3.05, 3.63) is 30.2 Å². The molecule has 2 aromatic rings. The Bertz CT molecular complexity index is 705. The first kappa shape index (κ1) is 17.2. The van der Waals surface area contributed by atoms with E-state index in [1.165, 1.54) is 5.56 Å². The Morgan fingerprint density at radius 1 is 1.00 bits per heavy atom. The molecule has 26 heavy (non-hydrogen) atoms. The van der Waals surface area contributed by atoms with Crippen LogP contribution < -0.4 is 9.80 Å². The molecule has 4 heterocycles. The molecule has 0 amide bonds. The van der Waals surface area contributed by atoms with Crippen molar-refractivity contribution in [3.63, 3.8) is 0 Å². The standard InChI is InChI=1S/C18H27N7O/c1-16-14-20-25(15-16)9-6-22-4-7-24(8-5-22)18-19-3-2-17(21-18)23-10-12-26-13-11-23/h2-3,14-15H,4-13H2,1H3. The van der Waals surface area contributed by atoms with Gasteiger partial charge in [-0.3, -0.25) is 9.58 Å². The molecule has 140 valence electrons. The molecule has 0 N–H and O–H groups in total. The predicted octanol–water partition coefficient (Wildman–Crippen LogP) is 0.640. The van der Waals surface area contributed by atoms with E-state index in [1.54, 1.807) is 0 Å². The van der Waals surface area contributed by atoms with E-state index < -0.39 is 0 Å². The van der Waals surface area contributed by atoms with Crippen LogP contribution >= 0.6 is 0 Å². The summed E-state index contributed by atoms with van der Waals surface area (Å²) in [5.74, 6) is 1.85. The second-order valence-electron chi connectivity index (χ2n) is 6.92. The van der Waals surface area contributed by atoms with Crippen LogP contribution in [0.3, 0.4) is 0 Å². The van der Waals surface area contributed by atoms with Gasteiger partial charge in [0.1, 0.15) is 5.82 Å². The van der Waals surface area contributed by atoms with Crippen molar-refractivity contribution < 1.29 is 4.74 Å². The SMILES string of the molecule is Cc1cnn(CCN2CCN(c3nccc(N4CCOCC4)n3)CC2)c1. The number of rotatable bonds is 5. The van der Waals surface area contributed by atoms with Gasteiger partial charge in [0.15, 0.2) is 0 Å². The zero-order valence-electron chi connectivity index (χ0n) is 15.4. The number of aromatic nitrogens is 4. The van der Waals surface area contributed by atoms with Crippen molar-refractivity contribution in [1.29, 1.82) is 0 Å². The molecule has 0 unspecified atom stereocenters. The van der Waals surface area contributed by atoms with Crippen molar-refractivity contribution >= 4 is 11.8 Å². The Kier molecular flexibility index (Phi) is 5.31. The van der Waals surface area contributed by atoms with E-state index in [2.05, 4.69) is 37.9 Å². The van der Waals surface area contributed by atoms with Gasteiger partial charge in [0.05, 0.1) is 26.0 Å². The fraction of sp³-hybridized carbons (Fsp3) is 0.611. The molecule has 8 heteroatoms. The fourth-order valence-corrected chi connectivity index (χ4v) is 3.46. The van der Waals surface area contributed by atoms with Gasteiger partial charge in [0.2, 0.25) is 5.95 Å². The molecule has 0 aliphatic carbocycles. The molecule has 0 aromatic carbocycles. The Morgan fingerprint density at radius 3 is 2.54 bits per heavy atom. The number of nitrogens with zero attached hydrogens (tertiary/aromatic N) is 7. The molecule has 0 spiro atoms. The Labute approximate surface area is 154 Å². The van der Waals surface area contributed by atoms with Gasteiger partial charge in [-0.1, -0.05) is 0 Å². The maximum absolute atomic E-state index is 5.43. The van der Waals surface area contributed by atoms with Crippen LogP contribution in [-0.4, -0.2) is 83.7 Å². The van der Waals surface area contributed by atoms with Crippen molar-refractivity contribution in [1.82, 2.24) is 24.6 Å². The maximum atomic E-state index is 5.43. The molecule has 0 bridgehead atoms. The third-order valence-electron chi connectivity index (χ3n) is 5.03. The molecular formula is C18H27N7O. The normalized spacial score (nSPS) is 19.1. The molecule has 2 aromatic heterocycles. The fourth-order valence-electron chi connectivity index (χ4n) is 3.46. The third kappa shape index (κ3) is 4.13. The number of morpholine rings is 1. The first-order valence-corrected chi connectivity index (χ1v) is 9.40. The van der Waals surface area contributed by atoms with Gasteiger partial charge in [0.25, 0.3) is 0 Å². The lowest BCUT2D eigenvalue weighted by Crippen LogP contribution is -2.48. The summed E-state index contributed by atoms with van der Waals surface area (Å²) in [7, 11) is 0. The monoisotopic (exact) mass is 357 g/mol. The molecular weight excluding hydrogens is 330 g/mol. The molecule has 2 aliphatic heterocycles. The minimum Gasteiger partial charge on any atom is -0.378 e. The minimum atomic E-state index is 0.772. The lowest BCUT2D eigenvalue weighted by molar-refractivity contribution is 0.122. The largest absolute Gasteiger partial charge is 0.378 e. The van der Waals surface area contributed by atoms with Crippen LogP contribution in [0, 0.1) is 6.92 Å². The van der Waals surface area contributed by atoms with Crippen LogP contribution in [0.1, 0.15) is 5.56 Å². The van der Waals surface area contributed by atoms with Crippen molar-refractivity contribution in [2.45, 2.75) is 13.5 Å². The average molecular weight is 357 g/mol. The highest BCUT2D eigenvalue weighted by molar-refractivity contribution is 5.44.